The van der Waals surface area contributed by atoms with E-state index in [9.17, 15) is 19.1 Å². The molecule has 3 rings (SSSR count). The quantitative estimate of drug-likeness (QED) is 0.438. The van der Waals surface area contributed by atoms with Crippen molar-refractivity contribution < 1.29 is 33.7 Å². The van der Waals surface area contributed by atoms with E-state index in [2.05, 4.69) is 15.3 Å². The van der Waals surface area contributed by atoms with E-state index in [0.717, 1.165) is 0 Å². The molecule has 2 amide bonds. The predicted octanol–water partition coefficient (Wildman–Crippen LogP) is 2.20. The summed E-state index contributed by atoms with van der Waals surface area (Å²) in [7, 11) is 0. The summed E-state index contributed by atoms with van der Waals surface area (Å²) in [5, 5.41) is 21.3. The van der Waals surface area contributed by atoms with Crippen molar-refractivity contribution in [3.8, 4) is 11.5 Å². The summed E-state index contributed by atoms with van der Waals surface area (Å²) in [6, 6.07) is 3.65. The van der Waals surface area contributed by atoms with Crippen LogP contribution in [0.2, 0.25) is 0 Å². The molecule has 1 aliphatic heterocycles. The Kier molecular flexibility index (Phi) is 8.72. The fourth-order valence-corrected chi connectivity index (χ4v) is 3.52. The van der Waals surface area contributed by atoms with Crippen molar-refractivity contribution in [1.29, 1.82) is 0 Å². The number of hydrogen-bond acceptors (Lipinski definition) is 8. The van der Waals surface area contributed by atoms with Gasteiger partial charge in [-0.05, 0) is 31.4 Å². The summed E-state index contributed by atoms with van der Waals surface area (Å²) in [4.78, 5) is 35.2. The number of ether oxygens (including phenoxy) is 2. The minimum absolute atomic E-state index is 0.0186. The third-order valence-corrected chi connectivity index (χ3v) is 5.17. The Morgan fingerprint density at radius 3 is 2.63 bits per heavy atom. The molecule has 0 radical (unpaired) electrons. The van der Waals surface area contributed by atoms with Crippen LogP contribution in [0.5, 0.6) is 11.5 Å². The van der Waals surface area contributed by atoms with Crippen LogP contribution >= 0.6 is 0 Å². The molecule has 2 heterocycles. The molecule has 188 valence electrons. The Balaban J connectivity index is 1.72. The fraction of sp³-hybridized carbons (Fsp3) is 0.417. The molecular weight excluding hydrogens is 459 g/mol. The van der Waals surface area contributed by atoms with Crippen LogP contribution in [0.3, 0.4) is 0 Å². The summed E-state index contributed by atoms with van der Waals surface area (Å²) in [6.07, 6.45) is 2.92. The number of amides is 2. The Morgan fingerprint density at radius 2 is 2.00 bits per heavy atom. The number of benzene rings is 1. The Hall–Kier alpha value is -3.57. The zero-order valence-corrected chi connectivity index (χ0v) is 19.8. The number of aliphatic hydroxyl groups is 2. The van der Waals surface area contributed by atoms with Crippen molar-refractivity contribution >= 4 is 17.6 Å². The second kappa shape index (κ2) is 11.7. The van der Waals surface area contributed by atoms with Crippen LogP contribution in [-0.4, -0.2) is 62.7 Å². The lowest BCUT2D eigenvalue weighted by molar-refractivity contribution is -0.133. The fourth-order valence-electron chi connectivity index (χ4n) is 3.52. The van der Waals surface area contributed by atoms with Gasteiger partial charge >= 0.3 is 0 Å². The predicted molar refractivity (Wildman–Crippen MR) is 124 cm³/mol. The first-order chi connectivity index (χ1) is 16.7. The highest BCUT2D eigenvalue weighted by atomic mass is 19.1. The Bertz CT molecular complexity index is 1080. The molecular formula is C24H29FN4O6. The first-order valence-corrected chi connectivity index (χ1v) is 11.3. The van der Waals surface area contributed by atoms with Crippen LogP contribution in [0.15, 0.2) is 42.4 Å². The molecule has 0 aliphatic carbocycles. The zero-order chi connectivity index (χ0) is 25.5. The molecule has 2 aromatic rings. The lowest BCUT2D eigenvalue weighted by Crippen LogP contribution is -2.46. The number of carbonyl (C=O) groups is 2. The lowest BCUT2D eigenvalue weighted by atomic mass is 10.0. The molecule has 0 spiro atoms. The van der Waals surface area contributed by atoms with Crippen molar-refractivity contribution in [3.63, 3.8) is 0 Å². The van der Waals surface area contributed by atoms with Crippen LogP contribution < -0.4 is 14.8 Å². The average molecular weight is 489 g/mol. The van der Waals surface area contributed by atoms with Gasteiger partial charge in [-0.3, -0.25) is 14.6 Å². The topological polar surface area (TPSA) is 134 Å². The highest BCUT2D eigenvalue weighted by Crippen LogP contribution is 2.29. The molecule has 10 nitrogen and oxygen atoms in total. The molecule has 0 fully saturated rings. The second-order valence-corrected chi connectivity index (χ2v) is 8.34. The second-order valence-electron chi connectivity index (χ2n) is 8.34. The standard InChI is InChI=1S/C24H29FN4O6/c1-4-34-19-6-5-7-20(23(19)25)35-15-9-22(32)29(12-15)17(8-14(2)3)24(33)28-21-11-26-16(10-27-21)18(31)13-30/h5-7,9-11,14,17-18,30-31H,4,8,12-13H2,1-3H3,(H,27,28,33)/t17-,18+/m0/s1. The van der Waals surface area contributed by atoms with Gasteiger partial charge in [0.05, 0.1) is 37.8 Å². The van der Waals surface area contributed by atoms with Gasteiger partial charge in [-0.1, -0.05) is 19.9 Å². The monoisotopic (exact) mass is 488 g/mol. The van der Waals surface area contributed by atoms with Gasteiger partial charge in [0.2, 0.25) is 11.7 Å². The smallest absolute Gasteiger partial charge is 0.251 e. The van der Waals surface area contributed by atoms with Crippen LogP contribution in [0.4, 0.5) is 10.2 Å². The van der Waals surface area contributed by atoms with Gasteiger partial charge in [-0.15, -0.1) is 0 Å². The van der Waals surface area contributed by atoms with E-state index in [-0.39, 0.29) is 47.8 Å². The van der Waals surface area contributed by atoms with Crippen LogP contribution in [0, 0.1) is 11.7 Å². The van der Waals surface area contributed by atoms with Crippen LogP contribution in [-0.2, 0) is 9.59 Å². The Labute approximate surface area is 202 Å². The number of halogens is 1. The molecule has 3 N–H and O–H groups in total. The summed E-state index contributed by atoms with van der Waals surface area (Å²) in [5.74, 6) is -1.21. The minimum Gasteiger partial charge on any atom is -0.491 e. The van der Waals surface area contributed by atoms with Crippen molar-refractivity contribution in [3.05, 3.63) is 53.9 Å². The summed E-state index contributed by atoms with van der Waals surface area (Å²) in [6.45, 7) is 5.34. The molecule has 0 bridgehead atoms. The van der Waals surface area contributed by atoms with E-state index in [1.165, 1.54) is 35.5 Å². The van der Waals surface area contributed by atoms with Crippen molar-refractivity contribution in [2.45, 2.75) is 39.3 Å². The van der Waals surface area contributed by atoms with E-state index in [1.807, 2.05) is 13.8 Å². The average Bonchev–Trinajstić information content (AvgIpc) is 3.19. The normalized spacial score (nSPS) is 15.1. The first kappa shape index (κ1) is 26.0. The number of nitrogens with one attached hydrogen (secondary N) is 1. The number of carbonyl (C=O) groups excluding carboxylic acids is 2. The highest BCUT2D eigenvalue weighted by Gasteiger charge is 2.35. The van der Waals surface area contributed by atoms with E-state index in [0.29, 0.717) is 6.42 Å². The Morgan fingerprint density at radius 1 is 1.26 bits per heavy atom. The van der Waals surface area contributed by atoms with Crippen molar-refractivity contribution in [2.24, 2.45) is 5.92 Å². The van der Waals surface area contributed by atoms with Gasteiger partial charge in [-0.2, -0.15) is 4.39 Å². The van der Waals surface area contributed by atoms with Gasteiger partial charge in [-0.25, -0.2) is 4.98 Å². The van der Waals surface area contributed by atoms with Crippen molar-refractivity contribution in [2.75, 3.05) is 25.1 Å². The van der Waals surface area contributed by atoms with Gasteiger partial charge in [0.15, 0.2) is 17.3 Å². The van der Waals surface area contributed by atoms with E-state index >= 15 is 0 Å². The SMILES string of the molecule is CCOc1cccc(OC2=CC(=O)N([C@@H](CC(C)C)C(=O)Nc3cnc([C@H](O)CO)cn3)C2)c1F. The van der Waals surface area contributed by atoms with Gasteiger partial charge in [0.1, 0.15) is 17.9 Å². The number of hydrogen-bond donors (Lipinski definition) is 3. The summed E-state index contributed by atoms with van der Waals surface area (Å²) >= 11 is 0. The lowest BCUT2D eigenvalue weighted by Gasteiger charge is -2.28. The van der Waals surface area contributed by atoms with E-state index in [4.69, 9.17) is 14.6 Å². The molecule has 2 atom stereocenters. The van der Waals surface area contributed by atoms with Crippen LogP contribution in [0.25, 0.3) is 0 Å². The number of anilines is 1. The molecule has 0 unspecified atom stereocenters. The summed E-state index contributed by atoms with van der Waals surface area (Å²) in [5.41, 5.74) is 0.158. The highest BCUT2D eigenvalue weighted by molar-refractivity contribution is 5.99. The largest absolute Gasteiger partial charge is 0.491 e. The maximum Gasteiger partial charge on any atom is 0.251 e. The molecule has 1 aromatic heterocycles. The number of aromatic nitrogens is 2. The van der Waals surface area contributed by atoms with E-state index in [1.54, 1.807) is 13.0 Å². The van der Waals surface area contributed by atoms with Crippen LogP contribution in [0.1, 0.15) is 39.0 Å². The van der Waals surface area contributed by atoms with Gasteiger partial charge in [0, 0.05) is 6.08 Å². The molecule has 1 aromatic carbocycles. The maximum atomic E-state index is 14.6. The maximum absolute atomic E-state index is 14.6. The van der Waals surface area contributed by atoms with Crippen molar-refractivity contribution in [1.82, 2.24) is 14.9 Å². The summed E-state index contributed by atoms with van der Waals surface area (Å²) < 4.78 is 25.5. The third kappa shape index (κ3) is 6.52. The molecule has 0 saturated heterocycles. The van der Waals surface area contributed by atoms with Gasteiger partial charge < -0.3 is 29.9 Å². The number of aliphatic hydroxyl groups excluding tert-OH is 2. The molecule has 35 heavy (non-hydrogen) atoms. The van der Waals surface area contributed by atoms with Gasteiger partial charge in [0.25, 0.3) is 5.91 Å². The first-order valence-electron chi connectivity index (χ1n) is 11.3. The third-order valence-electron chi connectivity index (χ3n) is 5.17. The molecule has 0 saturated carbocycles. The number of rotatable bonds is 11. The number of nitrogens with zero attached hydrogens (tertiary/aromatic N) is 3. The van der Waals surface area contributed by atoms with E-state index < -0.39 is 36.4 Å². The molecule has 1 aliphatic rings. The molecule has 11 heteroatoms. The minimum atomic E-state index is -1.17. The zero-order valence-electron chi connectivity index (χ0n) is 19.8.